The minimum absolute atomic E-state index is 0.365. The maximum atomic E-state index is 5.98. The van der Waals surface area contributed by atoms with E-state index in [1.807, 2.05) is 13.8 Å². The van der Waals surface area contributed by atoms with Gasteiger partial charge in [0, 0.05) is 12.8 Å². The lowest BCUT2D eigenvalue weighted by Gasteiger charge is -2.25. The zero-order chi connectivity index (χ0) is 15.5. The molecule has 0 radical (unpaired) electrons. The summed E-state index contributed by atoms with van der Waals surface area (Å²) in [5.41, 5.74) is 6.66. The van der Waals surface area contributed by atoms with E-state index < -0.39 is 5.60 Å². The molecule has 6 nitrogen and oxygen atoms in total. The number of hydrogen-bond acceptors (Lipinski definition) is 6. The highest BCUT2D eigenvalue weighted by molar-refractivity contribution is 5.72. The molecule has 2 aromatic rings. The van der Waals surface area contributed by atoms with Crippen molar-refractivity contribution in [3.8, 4) is 17.2 Å². The van der Waals surface area contributed by atoms with Gasteiger partial charge in [-0.05, 0) is 31.0 Å². The standard InChI is InChI=1S/C15H21N3O3/c1-5-15(6-2,20-4)14-17-13(21-18-14)11-9-10(19-3)7-8-12(11)16/h7-9H,5-6,16H2,1-4H3. The molecular formula is C15H21N3O3. The third-order valence-electron chi connectivity index (χ3n) is 3.86. The summed E-state index contributed by atoms with van der Waals surface area (Å²) >= 11 is 0. The average molecular weight is 291 g/mol. The van der Waals surface area contributed by atoms with Crippen LogP contribution in [0.3, 0.4) is 0 Å². The normalized spacial score (nSPS) is 11.6. The first-order valence-electron chi connectivity index (χ1n) is 6.93. The summed E-state index contributed by atoms with van der Waals surface area (Å²) in [6.45, 7) is 4.06. The van der Waals surface area contributed by atoms with E-state index in [0.29, 0.717) is 28.7 Å². The molecule has 2 N–H and O–H groups in total. The second-order valence-corrected chi connectivity index (χ2v) is 4.78. The number of nitrogens with zero attached hydrogens (tertiary/aromatic N) is 2. The number of nitrogen functional groups attached to an aromatic ring is 1. The minimum Gasteiger partial charge on any atom is -0.497 e. The van der Waals surface area contributed by atoms with Crippen LogP contribution in [0.1, 0.15) is 32.5 Å². The van der Waals surface area contributed by atoms with Gasteiger partial charge in [-0.25, -0.2) is 0 Å². The van der Waals surface area contributed by atoms with Crippen molar-refractivity contribution in [3.05, 3.63) is 24.0 Å². The molecule has 0 saturated carbocycles. The third-order valence-corrected chi connectivity index (χ3v) is 3.86. The van der Waals surface area contributed by atoms with Gasteiger partial charge in [0.15, 0.2) is 0 Å². The van der Waals surface area contributed by atoms with Crippen molar-refractivity contribution in [1.82, 2.24) is 10.1 Å². The second-order valence-electron chi connectivity index (χ2n) is 4.78. The van der Waals surface area contributed by atoms with Crippen LogP contribution in [0, 0.1) is 0 Å². The van der Waals surface area contributed by atoms with Gasteiger partial charge in [0.05, 0.1) is 12.7 Å². The van der Waals surface area contributed by atoms with Crippen molar-refractivity contribution in [3.63, 3.8) is 0 Å². The fourth-order valence-corrected chi connectivity index (χ4v) is 2.31. The number of anilines is 1. The smallest absolute Gasteiger partial charge is 0.260 e. The minimum atomic E-state index is -0.532. The first-order valence-corrected chi connectivity index (χ1v) is 6.93. The molecule has 1 aromatic carbocycles. The number of benzene rings is 1. The highest BCUT2D eigenvalue weighted by Crippen LogP contribution is 2.34. The van der Waals surface area contributed by atoms with Gasteiger partial charge >= 0.3 is 0 Å². The fourth-order valence-electron chi connectivity index (χ4n) is 2.31. The van der Waals surface area contributed by atoms with Crippen LogP contribution in [0.5, 0.6) is 5.75 Å². The molecule has 0 atom stereocenters. The summed E-state index contributed by atoms with van der Waals surface area (Å²) in [6, 6.07) is 5.31. The lowest BCUT2D eigenvalue weighted by Crippen LogP contribution is -2.28. The number of hydrogen-bond donors (Lipinski definition) is 1. The predicted molar refractivity (Wildman–Crippen MR) is 80.0 cm³/mol. The van der Waals surface area contributed by atoms with E-state index in [4.69, 9.17) is 19.7 Å². The van der Waals surface area contributed by atoms with E-state index in [9.17, 15) is 0 Å². The van der Waals surface area contributed by atoms with Gasteiger partial charge in [0.25, 0.3) is 5.89 Å². The van der Waals surface area contributed by atoms with E-state index in [2.05, 4.69) is 10.1 Å². The number of aromatic nitrogens is 2. The monoisotopic (exact) mass is 291 g/mol. The molecule has 0 aliphatic rings. The highest BCUT2D eigenvalue weighted by Gasteiger charge is 2.34. The van der Waals surface area contributed by atoms with E-state index in [1.165, 1.54) is 0 Å². The highest BCUT2D eigenvalue weighted by atomic mass is 16.5. The quantitative estimate of drug-likeness (QED) is 0.824. The van der Waals surface area contributed by atoms with Crippen molar-refractivity contribution < 1.29 is 14.0 Å². The Morgan fingerprint density at radius 2 is 1.95 bits per heavy atom. The molecule has 0 bridgehead atoms. The summed E-state index contributed by atoms with van der Waals surface area (Å²) in [7, 11) is 3.25. The van der Waals surface area contributed by atoms with E-state index in [1.54, 1.807) is 32.4 Å². The maximum absolute atomic E-state index is 5.98. The maximum Gasteiger partial charge on any atom is 0.260 e. The van der Waals surface area contributed by atoms with Crippen molar-refractivity contribution in [2.75, 3.05) is 20.0 Å². The SMILES string of the molecule is CCC(CC)(OC)c1noc(-c2cc(OC)ccc2N)n1. The van der Waals surface area contributed by atoms with Crippen LogP contribution in [0.25, 0.3) is 11.5 Å². The molecule has 114 valence electrons. The Balaban J connectivity index is 2.44. The van der Waals surface area contributed by atoms with E-state index >= 15 is 0 Å². The van der Waals surface area contributed by atoms with Gasteiger partial charge < -0.3 is 19.7 Å². The Hall–Kier alpha value is -2.08. The summed E-state index contributed by atoms with van der Waals surface area (Å²) in [5, 5.41) is 4.07. The van der Waals surface area contributed by atoms with Gasteiger partial charge in [-0.2, -0.15) is 4.98 Å². The van der Waals surface area contributed by atoms with Gasteiger partial charge in [-0.1, -0.05) is 19.0 Å². The molecular weight excluding hydrogens is 270 g/mol. The van der Waals surface area contributed by atoms with Crippen LogP contribution < -0.4 is 10.5 Å². The lowest BCUT2D eigenvalue weighted by atomic mass is 9.96. The Kier molecular flexibility index (Phi) is 4.47. The average Bonchev–Trinajstić information content (AvgIpc) is 3.00. The first kappa shape index (κ1) is 15.3. The zero-order valence-electron chi connectivity index (χ0n) is 12.8. The molecule has 1 aromatic heterocycles. The molecule has 21 heavy (non-hydrogen) atoms. The van der Waals surface area contributed by atoms with Crippen LogP contribution in [-0.2, 0) is 10.3 Å². The van der Waals surface area contributed by atoms with Crippen molar-refractivity contribution >= 4 is 5.69 Å². The van der Waals surface area contributed by atoms with Gasteiger partial charge in [-0.3, -0.25) is 0 Å². The van der Waals surface area contributed by atoms with E-state index in [0.717, 1.165) is 12.8 Å². The number of rotatable bonds is 6. The van der Waals surface area contributed by atoms with Crippen LogP contribution in [-0.4, -0.2) is 24.4 Å². The molecule has 6 heteroatoms. The molecule has 0 aliphatic carbocycles. The number of ether oxygens (including phenoxy) is 2. The van der Waals surface area contributed by atoms with Gasteiger partial charge in [-0.15, -0.1) is 0 Å². The molecule has 1 heterocycles. The number of methoxy groups -OCH3 is 2. The van der Waals surface area contributed by atoms with Crippen molar-refractivity contribution in [1.29, 1.82) is 0 Å². The molecule has 0 fully saturated rings. The predicted octanol–water partition coefficient (Wildman–Crippen LogP) is 2.99. The zero-order valence-corrected chi connectivity index (χ0v) is 12.8. The molecule has 0 unspecified atom stereocenters. The van der Waals surface area contributed by atoms with Crippen molar-refractivity contribution in [2.45, 2.75) is 32.3 Å². The van der Waals surface area contributed by atoms with Gasteiger partial charge in [0.1, 0.15) is 11.4 Å². The summed E-state index contributed by atoms with van der Waals surface area (Å²) in [5.74, 6) is 1.58. The van der Waals surface area contributed by atoms with Crippen molar-refractivity contribution in [2.24, 2.45) is 0 Å². The number of nitrogens with two attached hydrogens (primary N) is 1. The Labute approximate surface area is 124 Å². The molecule has 0 spiro atoms. The second kappa shape index (κ2) is 6.13. The lowest BCUT2D eigenvalue weighted by molar-refractivity contribution is -0.0306. The summed E-state index contributed by atoms with van der Waals surface area (Å²) < 4.78 is 16.2. The summed E-state index contributed by atoms with van der Waals surface area (Å²) in [4.78, 5) is 4.46. The van der Waals surface area contributed by atoms with Gasteiger partial charge in [0.2, 0.25) is 5.82 Å². The largest absolute Gasteiger partial charge is 0.497 e. The first-order chi connectivity index (χ1) is 10.1. The van der Waals surface area contributed by atoms with Crippen LogP contribution in [0.4, 0.5) is 5.69 Å². The molecule has 2 rings (SSSR count). The summed E-state index contributed by atoms with van der Waals surface area (Å²) in [6.07, 6.45) is 1.51. The third kappa shape index (κ3) is 2.71. The molecule has 0 aliphatic heterocycles. The van der Waals surface area contributed by atoms with Crippen LogP contribution in [0.15, 0.2) is 22.7 Å². The van der Waals surface area contributed by atoms with Crippen LogP contribution >= 0.6 is 0 Å². The fraction of sp³-hybridized carbons (Fsp3) is 0.467. The molecule has 0 saturated heterocycles. The van der Waals surface area contributed by atoms with Crippen LogP contribution in [0.2, 0.25) is 0 Å². The molecule has 0 amide bonds. The Morgan fingerprint density at radius 1 is 1.24 bits per heavy atom. The van der Waals surface area contributed by atoms with E-state index in [-0.39, 0.29) is 0 Å². The Bertz CT molecular complexity index is 598. The topological polar surface area (TPSA) is 83.4 Å². The Morgan fingerprint density at radius 3 is 2.52 bits per heavy atom.